The van der Waals surface area contributed by atoms with Gasteiger partial charge in [0.1, 0.15) is 10.7 Å². The molecule has 2 aromatic rings. The highest BCUT2D eigenvalue weighted by atomic mass is 127. The summed E-state index contributed by atoms with van der Waals surface area (Å²) in [5.74, 6) is -0.505. The van der Waals surface area contributed by atoms with Crippen LogP contribution in [-0.2, 0) is 16.3 Å². The van der Waals surface area contributed by atoms with Gasteiger partial charge in [0.25, 0.3) is 0 Å². The second-order valence-corrected chi connectivity index (χ2v) is 8.26. The summed E-state index contributed by atoms with van der Waals surface area (Å²) in [5, 5.41) is 6.91. The van der Waals surface area contributed by atoms with Crippen LogP contribution in [0, 0.1) is 5.82 Å². The Hall–Kier alpha value is -1.39. The molecule has 0 amide bonds. The van der Waals surface area contributed by atoms with Crippen molar-refractivity contribution in [2.75, 3.05) is 25.4 Å². The maximum Gasteiger partial charge on any atom is 0.191 e. The molecule has 0 saturated heterocycles. The summed E-state index contributed by atoms with van der Waals surface area (Å²) in [6, 6.07) is 12.9. The van der Waals surface area contributed by atoms with E-state index in [0.29, 0.717) is 30.5 Å². The third kappa shape index (κ3) is 7.56. The van der Waals surface area contributed by atoms with Crippen molar-refractivity contribution in [2.45, 2.75) is 18.2 Å². The lowest BCUT2D eigenvalue weighted by atomic mass is 10.1. The largest absolute Gasteiger partial charge is 0.357 e. The number of halogens is 3. The first-order chi connectivity index (χ1) is 12.9. The van der Waals surface area contributed by atoms with Gasteiger partial charge in [-0.3, -0.25) is 4.99 Å². The van der Waals surface area contributed by atoms with Crippen LogP contribution in [0.15, 0.2) is 58.4 Å². The molecule has 0 aliphatic heterocycles. The zero-order valence-electron chi connectivity index (χ0n) is 15.5. The van der Waals surface area contributed by atoms with Gasteiger partial charge in [0.05, 0.1) is 12.3 Å². The number of guanidine groups is 1. The Labute approximate surface area is 187 Å². The van der Waals surface area contributed by atoms with Crippen molar-refractivity contribution < 1.29 is 12.8 Å². The summed E-state index contributed by atoms with van der Waals surface area (Å²) in [7, 11) is -3.73. The van der Waals surface area contributed by atoms with E-state index in [-0.39, 0.29) is 41.2 Å². The summed E-state index contributed by atoms with van der Waals surface area (Å²) in [6.45, 7) is 3.17. The molecule has 0 saturated carbocycles. The number of aliphatic imine (C=N–C) groups is 1. The number of sulfone groups is 1. The predicted octanol–water partition coefficient (Wildman–Crippen LogP) is 3.67. The van der Waals surface area contributed by atoms with Gasteiger partial charge in [-0.05, 0) is 37.1 Å². The number of benzene rings is 2. The van der Waals surface area contributed by atoms with Crippen molar-refractivity contribution in [1.82, 2.24) is 10.6 Å². The van der Waals surface area contributed by atoms with Gasteiger partial charge in [-0.25, -0.2) is 12.8 Å². The standard InChI is InChI=1S/C19H23ClFN3O2S.HI/c1-2-22-19(23-12-11-15-7-3-4-8-16(15)20)24-13-14-27(25,26)18-10-6-5-9-17(18)21;/h3-10H,2,11-14H2,1H3,(H2,22,23,24);1H. The minimum atomic E-state index is -3.73. The number of rotatable bonds is 8. The Bertz CT molecular complexity index is 894. The Kier molecular flexibility index (Phi) is 10.8. The van der Waals surface area contributed by atoms with Crippen LogP contribution in [0.4, 0.5) is 4.39 Å². The molecule has 0 atom stereocenters. The maximum absolute atomic E-state index is 13.7. The Morgan fingerprint density at radius 1 is 1.11 bits per heavy atom. The molecule has 28 heavy (non-hydrogen) atoms. The highest BCUT2D eigenvalue weighted by Gasteiger charge is 2.18. The van der Waals surface area contributed by atoms with Gasteiger partial charge in [0, 0.05) is 18.1 Å². The van der Waals surface area contributed by atoms with E-state index >= 15 is 0 Å². The highest BCUT2D eigenvalue weighted by molar-refractivity contribution is 14.0. The lowest BCUT2D eigenvalue weighted by molar-refractivity contribution is 0.567. The Balaban J connectivity index is 0.00000392. The topological polar surface area (TPSA) is 70.6 Å². The fourth-order valence-corrected chi connectivity index (χ4v) is 3.88. The third-order valence-electron chi connectivity index (χ3n) is 3.79. The smallest absolute Gasteiger partial charge is 0.191 e. The normalized spacial score (nSPS) is 11.6. The van der Waals surface area contributed by atoms with E-state index in [1.807, 2.05) is 31.2 Å². The van der Waals surface area contributed by atoms with Crippen LogP contribution in [0.3, 0.4) is 0 Å². The number of hydrogen-bond donors (Lipinski definition) is 2. The second kappa shape index (κ2) is 12.2. The first-order valence-corrected chi connectivity index (χ1v) is 10.7. The lowest BCUT2D eigenvalue weighted by Gasteiger charge is -2.12. The van der Waals surface area contributed by atoms with Crippen molar-refractivity contribution in [3.8, 4) is 0 Å². The van der Waals surface area contributed by atoms with E-state index < -0.39 is 15.7 Å². The molecule has 0 aliphatic carbocycles. The molecule has 2 rings (SSSR count). The monoisotopic (exact) mass is 539 g/mol. The van der Waals surface area contributed by atoms with Crippen LogP contribution >= 0.6 is 35.6 Å². The third-order valence-corrected chi connectivity index (χ3v) is 5.88. The second-order valence-electron chi connectivity index (χ2n) is 5.78. The van der Waals surface area contributed by atoms with Crippen LogP contribution in [0.2, 0.25) is 5.02 Å². The molecule has 0 bridgehead atoms. The van der Waals surface area contributed by atoms with Crippen LogP contribution in [0.1, 0.15) is 12.5 Å². The average Bonchev–Trinajstić information content (AvgIpc) is 2.63. The lowest BCUT2D eigenvalue weighted by Crippen LogP contribution is -2.38. The van der Waals surface area contributed by atoms with Crippen molar-refractivity contribution in [3.63, 3.8) is 0 Å². The molecule has 9 heteroatoms. The maximum atomic E-state index is 13.7. The van der Waals surface area contributed by atoms with E-state index in [1.54, 1.807) is 0 Å². The number of nitrogens with zero attached hydrogens (tertiary/aromatic N) is 1. The Morgan fingerprint density at radius 3 is 2.46 bits per heavy atom. The molecule has 0 aromatic heterocycles. The van der Waals surface area contributed by atoms with Crippen molar-refractivity contribution in [2.24, 2.45) is 4.99 Å². The van der Waals surface area contributed by atoms with E-state index in [2.05, 4.69) is 15.6 Å². The molecule has 154 valence electrons. The molecular formula is C19H24ClFIN3O2S. The minimum absolute atomic E-state index is 0. The number of hydrogen-bond acceptors (Lipinski definition) is 3. The molecule has 0 radical (unpaired) electrons. The molecule has 0 unspecified atom stereocenters. The van der Waals surface area contributed by atoms with Crippen LogP contribution in [0.5, 0.6) is 0 Å². The molecule has 5 nitrogen and oxygen atoms in total. The fourth-order valence-electron chi connectivity index (χ4n) is 2.44. The zero-order valence-corrected chi connectivity index (χ0v) is 19.4. The van der Waals surface area contributed by atoms with Gasteiger partial charge in [0.2, 0.25) is 0 Å². The molecule has 0 heterocycles. The van der Waals surface area contributed by atoms with Crippen molar-refractivity contribution in [1.29, 1.82) is 0 Å². The predicted molar refractivity (Wildman–Crippen MR) is 123 cm³/mol. The number of nitrogens with one attached hydrogen (secondary N) is 2. The van der Waals surface area contributed by atoms with Gasteiger partial charge in [0.15, 0.2) is 15.8 Å². The fraction of sp³-hybridized carbons (Fsp3) is 0.316. The summed E-state index contributed by atoms with van der Waals surface area (Å²) in [6.07, 6.45) is 0.706. The summed E-state index contributed by atoms with van der Waals surface area (Å²) in [4.78, 5) is 3.97. The molecule has 2 N–H and O–H groups in total. The van der Waals surface area contributed by atoms with Crippen molar-refractivity contribution in [3.05, 3.63) is 64.9 Å². The van der Waals surface area contributed by atoms with Gasteiger partial charge >= 0.3 is 0 Å². The summed E-state index contributed by atoms with van der Waals surface area (Å²) >= 11 is 6.13. The van der Waals surface area contributed by atoms with Gasteiger partial charge < -0.3 is 10.6 Å². The highest BCUT2D eigenvalue weighted by Crippen LogP contribution is 2.15. The quantitative estimate of drug-likeness (QED) is 0.305. The average molecular weight is 540 g/mol. The first-order valence-electron chi connectivity index (χ1n) is 8.67. The van der Waals surface area contributed by atoms with Crippen LogP contribution in [0.25, 0.3) is 0 Å². The van der Waals surface area contributed by atoms with E-state index in [4.69, 9.17) is 11.6 Å². The molecule has 0 fully saturated rings. The molecule has 0 spiro atoms. The molecule has 0 aliphatic rings. The Morgan fingerprint density at radius 2 is 1.79 bits per heavy atom. The molecule has 2 aromatic carbocycles. The van der Waals surface area contributed by atoms with Crippen LogP contribution in [-0.4, -0.2) is 39.8 Å². The summed E-state index contributed by atoms with van der Waals surface area (Å²) < 4.78 is 38.2. The SMILES string of the molecule is CCNC(=NCCS(=O)(=O)c1ccccc1F)NCCc1ccccc1Cl.I. The zero-order chi connectivity index (χ0) is 19.7. The first kappa shape index (κ1) is 24.6. The van der Waals surface area contributed by atoms with E-state index in [9.17, 15) is 12.8 Å². The molecular weight excluding hydrogens is 516 g/mol. The van der Waals surface area contributed by atoms with Crippen LogP contribution < -0.4 is 10.6 Å². The van der Waals surface area contributed by atoms with Gasteiger partial charge in [-0.15, -0.1) is 24.0 Å². The van der Waals surface area contributed by atoms with E-state index in [0.717, 1.165) is 11.6 Å². The minimum Gasteiger partial charge on any atom is -0.357 e. The van der Waals surface area contributed by atoms with Crippen molar-refractivity contribution >= 4 is 51.4 Å². The van der Waals surface area contributed by atoms with E-state index in [1.165, 1.54) is 18.2 Å². The van der Waals surface area contributed by atoms with Gasteiger partial charge in [-0.2, -0.15) is 0 Å². The van der Waals surface area contributed by atoms with Gasteiger partial charge in [-0.1, -0.05) is 41.9 Å². The summed E-state index contributed by atoms with van der Waals surface area (Å²) in [5.41, 5.74) is 1.02.